The smallest absolute Gasteiger partial charge is 0.136 e. The van der Waals surface area contributed by atoms with E-state index in [1.807, 2.05) is 6.21 Å². The summed E-state index contributed by atoms with van der Waals surface area (Å²) in [6.45, 7) is 4.80. The molecule has 21 heavy (non-hydrogen) atoms. The van der Waals surface area contributed by atoms with Crippen LogP contribution in [0.1, 0.15) is 41.0 Å². The van der Waals surface area contributed by atoms with Gasteiger partial charge < -0.3 is 10.0 Å². The largest absolute Gasteiger partial charge is 0.393 e. The number of halogens is 1. The molecule has 1 N–H and O–H groups in total. The van der Waals surface area contributed by atoms with Gasteiger partial charge in [0.1, 0.15) is 6.17 Å². The summed E-state index contributed by atoms with van der Waals surface area (Å²) >= 11 is 0. The molecular formula is C17H23FN2O. The Labute approximate surface area is 125 Å². The fourth-order valence-electron chi connectivity index (χ4n) is 3.50. The maximum Gasteiger partial charge on any atom is 0.136 e. The fourth-order valence-corrected chi connectivity index (χ4v) is 3.50. The third kappa shape index (κ3) is 3.16. The van der Waals surface area contributed by atoms with Crippen molar-refractivity contribution in [1.29, 1.82) is 0 Å². The molecule has 114 valence electrons. The van der Waals surface area contributed by atoms with E-state index in [1.54, 1.807) is 0 Å². The van der Waals surface area contributed by atoms with Gasteiger partial charge in [-0.25, -0.2) is 4.39 Å². The lowest BCUT2D eigenvalue weighted by Crippen LogP contribution is -2.38. The van der Waals surface area contributed by atoms with E-state index in [0.717, 1.165) is 32.5 Å². The van der Waals surface area contributed by atoms with E-state index in [2.05, 4.69) is 28.9 Å². The van der Waals surface area contributed by atoms with Gasteiger partial charge in [-0.1, -0.05) is 6.07 Å². The van der Waals surface area contributed by atoms with Crippen LogP contribution in [0.4, 0.5) is 4.39 Å². The number of likely N-dealkylation sites (tertiary alicyclic amines) is 1. The van der Waals surface area contributed by atoms with Gasteiger partial charge in [-0.05, 0) is 67.1 Å². The molecule has 2 heterocycles. The number of fused-ring (bicyclic) bond motifs is 1. The topological polar surface area (TPSA) is 35.8 Å². The minimum atomic E-state index is -1.11. The molecule has 3 nitrogen and oxygen atoms in total. The quantitative estimate of drug-likeness (QED) is 0.924. The van der Waals surface area contributed by atoms with E-state index >= 15 is 0 Å². The third-order valence-corrected chi connectivity index (χ3v) is 4.70. The zero-order chi connectivity index (χ0) is 14.8. The normalized spacial score (nSPS) is 20.7. The Morgan fingerprint density at radius 2 is 2.14 bits per heavy atom. The highest BCUT2D eigenvalue weighted by Gasteiger charge is 2.24. The van der Waals surface area contributed by atoms with Gasteiger partial charge in [0.25, 0.3) is 0 Å². The summed E-state index contributed by atoms with van der Waals surface area (Å²) in [6.07, 6.45) is 2.99. The van der Waals surface area contributed by atoms with Crippen molar-refractivity contribution in [1.82, 2.24) is 4.90 Å². The summed E-state index contributed by atoms with van der Waals surface area (Å²) < 4.78 is 13.2. The van der Waals surface area contributed by atoms with E-state index in [4.69, 9.17) is 5.11 Å². The number of aliphatic hydroxyl groups excluding tert-OH is 1. The zero-order valence-corrected chi connectivity index (χ0v) is 12.6. The lowest BCUT2D eigenvalue weighted by Gasteiger charge is -2.33. The molecule has 1 saturated heterocycles. The molecule has 0 amide bonds. The van der Waals surface area contributed by atoms with Crippen molar-refractivity contribution in [3.63, 3.8) is 0 Å². The van der Waals surface area contributed by atoms with Crippen LogP contribution in [0, 0.1) is 6.92 Å². The van der Waals surface area contributed by atoms with Gasteiger partial charge in [-0.3, -0.25) is 4.99 Å². The van der Waals surface area contributed by atoms with Crippen molar-refractivity contribution in [2.45, 2.75) is 38.4 Å². The number of nitrogens with zero attached hydrogens (tertiary/aromatic N) is 2. The Morgan fingerprint density at radius 1 is 1.38 bits per heavy atom. The molecule has 1 aromatic rings. The molecule has 0 aliphatic carbocycles. The Bertz CT molecular complexity index is 536. The van der Waals surface area contributed by atoms with Crippen LogP contribution in [0.3, 0.4) is 0 Å². The van der Waals surface area contributed by atoms with Crippen LogP contribution in [0.2, 0.25) is 0 Å². The first-order chi connectivity index (χ1) is 10.2. The molecule has 0 bridgehead atoms. The Kier molecular flexibility index (Phi) is 4.36. The van der Waals surface area contributed by atoms with Gasteiger partial charge in [-0.15, -0.1) is 0 Å². The molecule has 0 saturated carbocycles. The molecule has 3 rings (SSSR count). The summed E-state index contributed by atoms with van der Waals surface area (Å²) in [5, 5.41) is 8.81. The van der Waals surface area contributed by atoms with Crippen molar-refractivity contribution in [3.05, 3.63) is 34.4 Å². The number of benzene rings is 1. The monoisotopic (exact) mass is 290 g/mol. The third-order valence-electron chi connectivity index (χ3n) is 4.70. The van der Waals surface area contributed by atoms with Gasteiger partial charge in [0.15, 0.2) is 0 Å². The first-order valence-corrected chi connectivity index (χ1v) is 7.78. The first-order valence-electron chi connectivity index (χ1n) is 7.78. The number of hydrogen-bond acceptors (Lipinski definition) is 3. The van der Waals surface area contributed by atoms with Crippen LogP contribution in [0.15, 0.2) is 17.1 Å². The molecule has 1 aromatic carbocycles. The second-order valence-electron chi connectivity index (χ2n) is 6.23. The Hall–Kier alpha value is -1.26. The zero-order valence-electron chi connectivity index (χ0n) is 12.6. The molecule has 1 fully saturated rings. The van der Waals surface area contributed by atoms with E-state index < -0.39 is 6.17 Å². The minimum Gasteiger partial charge on any atom is -0.393 e. The molecular weight excluding hydrogens is 267 g/mol. The average Bonchev–Trinajstić information content (AvgIpc) is 2.94. The average molecular weight is 290 g/mol. The van der Waals surface area contributed by atoms with E-state index in [-0.39, 0.29) is 6.61 Å². The van der Waals surface area contributed by atoms with Gasteiger partial charge in [0.2, 0.25) is 0 Å². The van der Waals surface area contributed by atoms with Crippen molar-refractivity contribution >= 4 is 6.21 Å². The van der Waals surface area contributed by atoms with Gasteiger partial charge >= 0.3 is 0 Å². The number of aliphatic hydroxyl groups is 1. The second-order valence-corrected chi connectivity index (χ2v) is 6.23. The number of hydrogen-bond donors (Lipinski definition) is 1. The van der Waals surface area contributed by atoms with Crippen LogP contribution in [0.25, 0.3) is 0 Å². The van der Waals surface area contributed by atoms with Crippen LogP contribution in [-0.4, -0.2) is 48.6 Å². The Balaban J connectivity index is 1.65. The van der Waals surface area contributed by atoms with Crippen molar-refractivity contribution in [2.24, 2.45) is 4.99 Å². The van der Waals surface area contributed by atoms with Gasteiger partial charge in [0, 0.05) is 12.8 Å². The Morgan fingerprint density at radius 3 is 2.86 bits per heavy atom. The molecule has 0 radical (unpaired) electrons. The molecule has 1 unspecified atom stereocenters. The molecule has 2 aliphatic rings. The molecule has 4 heteroatoms. The number of piperidine rings is 1. The number of alkyl halides is 1. The summed E-state index contributed by atoms with van der Waals surface area (Å²) in [6, 6.07) is 4.57. The summed E-state index contributed by atoms with van der Waals surface area (Å²) in [4.78, 5) is 6.46. The molecule has 0 aromatic heterocycles. The highest BCUT2D eigenvalue weighted by molar-refractivity contribution is 5.85. The van der Waals surface area contributed by atoms with Crippen molar-refractivity contribution < 1.29 is 9.50 Å². The standard InChI is InChI=1S/C17H23FN2O/c1-12-6-14-8-19-9-15(14)7-17(12)13-2-4-20(5-3-13)10-16(18)11-21/h6-8,13,16,21H,2-5,9-11H2,1H3. The van der Waals surface area contributed by atoms with E-state index in [9.17, 15) is 4.39 Å². The number of rotatable bonds is 4. The van der Waals surface area contributed by atoms with E-state index in [1.165, 1.54) is 22.3 Å². The second kappa shape index (κ2) is 6.24. The van der Waals surface area contributed by atoms with E-state index in [0.29, 0.717) is 12.5 Å². The fraction of sp³-hybridized carbons (Fsp3) is 0.588. The maximum absolute atomic E-state index is 13.2. The number of aliphatic imine (C=N–C) groups is 1. The predicted molar refractivity (Wildman–Crippen MR) is 82.9 cm³/mol. The summed E-state index contributed by atoms with van der Waals surface area (Å²) in [5.41, 5.74) is 5.39. The maximum atomic E-state index is 13.2. The van der Waals surface area contributed by atoms with Crippen LogP contribution < -0.4 is 0 Å². The first kappa shape index (κ1) is 14.7. The summed E-state index contributed by atoms with van der Waals surface area (Å²) in [5.74, 6) is 0.569. The highest BCUT2D eigenvalue weighted by Crippen LogP contribution is 2.32. The van der Waals surface area contributed by atoms with Crippen molar-refractivity contribution in [3.8, 4) is 0 Å². The predicted octanol–water partition coefficient (Wildman–Crippen LogP) is 2.44. The van der Waals surface area contributed by atoms with Gasteiger partial charge in [-0.2, -0.15) is 0 Å². The van der Waals surface area contributed by atoms with Gasteiger partial charge in [0.05, 0.1) is 13.2 Å². The summed E-state index contributed by atoms with van der Waals surface area (Å²) in [7, 11) is 0. The molecule has 0 spiro atoms. The highest BCUT2D eigenvalue weighted by atomic mass is 19.1. The molecule has 1 atom stereocenters. The van der Waals surface area contributed by atoms with Crippen LogP contribution >= 0.6 is 0 Å². The lowest BCUT2D eigenvalue weighted by molar-refractivity contribution is 0.111. The number of aryl methyl sites for hydroxylation is 1. The van der Waals surface area contributed by atoms with Crippen LogP contribution in [-0.2, 0) is 6.54 Å². The minimum absolute atomic E-state index is 0.361. The molecule has 2 aliphatic heterocycles. The van der Waals surface area contributed by atoms with Crippen LogP contribution in [0.5, 0.6) is 0 Å². The van der Waals surface area contributed by atoms with Crippen molar-refractivity contribution in [2.75, 3.05) is 26.2 Å². The SMILES string of the molecule is Cc1cc2c(cc1C1CCN(CC(F)CO)CC1)CN=C2. The lowest BCUT2D eigenvalue weighted by atomic mass is 9.85.